The van der Waals surface area contributed by atoms with Crippen molar-refractivity contribution in [3.05, 3.63) is 35.4 Å². The Bertz CT molecular complexity index is 326. The molecule has 0 aliphatic carbocycles. The highest BCUT2D eigenvalue weighted by Crippen LogP contribution is 2.20. The van der Waals surface area contributed by atoms with Crippen molar-refractivity contribution in [1.29, 1.82) is 0 Å². The van der Waals surface area contributed by atoms with Crippen molar-refractivity contribution in [1.82, 2.24) is 5.43 Å². The average Bonchev–Trinajstić information content (AvgIpc) is 2.30. The number of nitrogens with one attached hydrogen (secondary N) is 1. The van der Waals surface area contributed by atoms with Crippen LogP contribution < -0.4 is 11.3 Å². The molecule has 0 bridgehead atoms. The lowest BCUT2D eigenvalue weighted by molar-refractivity contribution is 0.510. The summed E-state index contributed by atoms with van der Waals surface area (Å²) >= 11 is 5.72. The third kappa shape index (κ3) is 5.07. The van der Waals surface area contributed by atoms with Gasteiger partial charge in [0.25, 0.3) is 0 Å². The Morgan fingerprint density at radius 1 is 1.35 bits per heavy atom. The van der Waals surface area contributed by atoms with Gasteiger partial charge in [-0.2, -0.15) is 0 Å². The van der Waals surface area contributed by atoms with Crippen molar-refractivity contribution in [2.45, 2.75) is 39.2 Å². The van der Waals surface area contributed by atoms with Crippen LogP contribution in [0.2, 0.25) is 0 Å². The molecule has 1 atom stereocenters. The molecule has 2 nitrogen and oxygen atoms in total. The summed E-state index contributed by atoms with van der Waals surface area (Å²) in [6.45, 7) is 4.47. The molecule has 3 N–H and O–H groups in total. The minimum atomic E-state index is 0.209. The Kier molecular flexibility index (Phi) is 6.56. The zero-order valence-electron chi connectivity index (χ0n) is 10.7. The lowest BCUT2D eigenvalue weighted by atomic mass is 9.97. The predicted octanol–water partition coefficient (Wildman–Crippen LogP) is 3.41. The minimum Gasteiger partial charge on any atom is -0.271 e. The third-order valence-electron chi connectivity index (χ3n) is 2.82. The number of rotatable bonds is 7. The zero-order valence-corrected chi connectivity index (χ0v) is 11.5. The van der Waals surface area contributed by atoms with Crippen LogP contribution in [0.25, 0.3) is 0 Å². The van der Waals surface area contributed by atoms with Crippen molar-refractivity contribution >= 4 is 11.6 Å². The van der Waals surface area contributed by atoms with Crippen molar-refractivity contribution in [3.63, 3.8) is 0 Å². The molecule has 0 saturated carbocycles. The van der Waals surface area contributed by atoms with Crippen LogP contribution in [0.3, 0.4) is 0 Å². The lowest BCUT2D eigenvalue weighted by Crippen LogP contribution is -2.28. The number of hydrogen-bond acceptors (Lipinski definition) is 2. The fourth-order valence-corrected chi connectivity index (χ4v) is 2.19. The smallest absolute Gasteiger partial charge is 0.0460 e. The number of nitrogens with two attached hydrogens (primary N) is 1. The van der Waals surface area contributed by atoms with E-state index in [-0.39, 0.29) is 6.04 Å². The second kappa shape index (κ2) is 7.70. The number of benzene rings is 1. The molecule has 0 heterocycles. The van der Waals surface area contributed by atoms with Gasteiger partial charge in [-0.1, -0.05) is 38.1 Å². The summed E-state index contributed by atoms with van der Waals surface area (Å²) in [4.78, 5) is 0. The molecular formula is C14H23ClN2. The first-order valence-electron chi connectivity index (χ1n) is 6.28. The van der Waals surface area contributed by atoms with Crippen LogP contribution in [0.15, 0.2) is 24.3 Å². The highest BCUT2D eigenvalue weighted by molar-refractivity contribution is 6.17. The molecule has 0 aromatic heterocycles. The summed E-state index contributed by atoms with van der Waals surface area (Å²) in [5.41, 5.74) is 5.51. The van der Waals surface area contributed by atoms with E-state index in [2.05, 4.69) is 43.5 Å². The summed E-state index contributed by atoms with van der Waals surface area (Å²) in [6, 6.07) is 8.87. The zero-order chi connectivity index (χ0) is 12.7. The molecule has 17 heavy (non-hydrogen) atoms. The van der Waals surface area contributed by atoms with E-state index in [4.69, 9.17) is 17.4 Å². The van der Waals surface area contributed by atoms with E-state index in [1.807, 2.05) is 0 Å². The average molecular weight is 255 g/mol. The number of halogens is 1. The van der Waals surface area contributed by atoms with Gasteiger partial charge in [0.1, 0.15) is 0 Å². The van der Waals surface area contributed by atoms with Gasteiger partial charge in [0.05, 0.1) is 0 Å². The standard InChI is InChI=1S/C14H23ClN2/c1-11(2)9-12-5-3-6-13(10-12)14(17-16)7-4-8-15/h3,5-6,10-11,14,17H,4,7-9,16H2,1-2H3. The fraction of sp³-hybridized carbons (Fsp3) is 0.571. The van der Waals surface area contributed by atoms with Crippen molar-refractivity contribution < 1.29 is 0 Å². The molecule has 0 aliphatic heterocycles. The molecule has 96 valence electrons. The van der Waals surface area contributed by atoms with Crippen molar-refractivity contribution in [3.8, 4) is 0 Å². The van der Waals surface area contributed by atoms with Gasteiger partial charge in [0.2, 0.25) is 0 Å². The van der Waals surface area contributed by atoms with Gasteiger partial charge in [-0.25, -0.2) is 0 Å². The summed E-state index contributed by atoms with van der Waals surface area (Å²) in [7, 11) is 0. The van der Waals surface area contributed by atoms with Crippen LogP contribution in [-0.4, -0.2) is 5.88 Å². The molecule has 1 aromatic carbocycles. The number of hydrogen-bond donors (Lipinski definition) is 2. The van der Waals surface area contributed by atoms with Gasteiger partial charge in [0, 0.05) is 11.9 Å². The van der Waals surface area contributed by atoms with Crippen LogP contribution in [0, 0.1) is 5.92 Å². The maximum absolute atomic E-state index is 5.72. The van der Waals surface area contributed by atoms with E-state index in [0.717, 1.165) is 19.3 Å². The van der Waals surface area contributed by atoms with Crippen molar-refractivity contribution in [2.24, 2.45) is 11.8 Å². The van der Waals surface area contributed by atoms with Crippen LogP contribution in [0.5, 0.6) is 0 Å². The SMILES string of the molecule is CC(C)Cc1cccc(C(CCCCl)NN)c1. The van der Waals surface area contributed by atoms with E-state index >= 15 is 0 Å². The predicted molar refractivity (Wildman–Crippen MR) is 75.0 cm³/mol. The molecule has 0 saturated heterocycles. The molecule has 0 radical (unpaired) electrons. The molecule has 0 aliphatic rings. The van der Waals surface area contributed by atoms with Gasteiger partial charge < -0.3 is 0 Å². The molecule has 1 unspecified atom stereocenters. The van der Waals surface area contributed by atoms with Crippen LogP contribution in [0.1, 0.15) is 43.9 Å². The second-order valence-corrected chi connectivity index (χ2v) is 5.27. The third-order valence-corrected chi connectivity index (χ3v) is 3.09. The number of hydrazine groups is 1. The highest BCUT2D eigenvalue weighted by atomic mass is 35.5. The quantitative estimate of drug-likeness (QED) is 0.445. The van der Waals surface area contributed by atoms with Crippen LogP contribution >= 0.6 is 11.6 Å². The topological polar surface area (TPSA) is 38.0 Å². The maximum Gasteiger partial charge on any atom is 0.0460 e. The molecule has 3 heteroatoms. The van der Waals surface area contributed by atoms with Gasteiger partial charge in [0.15, 0.2) is 0 Å². The molecular weight excluding hydrogens is 232 g/mol. The Labute approximate surface area is 110 Å². The summed E-state index contributed by atoms with van der Waals surface area (Å²) in [5.74, 6) is 6.97. The maximum atomic E-state index is 5.72. The van der Waals surface area contributed by atoms with E-state index in [0.29, 0.717) is 11.8 Å². The normalized spacial score (nSPS) is 13.0. The molecule has 1 aromatic rings. The monoisotopic (exact) mass is 254 g/mol. The summed E-state index contributed by atoms with van der Waals surface area (Å²) in [5, 5.41) is 0. The minimum absolute atomic E-state index is 0.209. The highest BCUT2D eigenvalue weighted by Gasteiger charge is 2.09. The second-order valence-electron chi connectivity index (χ2n) is 4.89. The van der Waals surface area contributed by atoms with Gasteiger partial charge >= 0.3 is 0 Å². The molecule has 1 rings (SSSR count). The summed E-state index contributed by atoms with van der Waals surface area (Å²) < 4.78 is 0. The first-order valence-corrected chi connectivity index (χ1v) is 6.81. The molecule has 0 spiro atoms. The lowest BCUT2D eigenvalue weighted by Gasteiger charge is -2.17. The Balaban J connectivity index is 2.73. The molecule has 0 amide bonds. The van der Waals surface area contributed by atoms with Crippen LogP contribution in [-0.2, 0) is 6.42 Å². The van der Waals surface area contributed by atoms with E-state index < -0.39 is 0 Å². The van der Waals surface area contributed by atoms with E-state index in [9.17, 15) is 0 Å². The van der Waals surface area contributed by atoms with E-state index in [1.54, 1.807) is 0 Å². The number of alkyl halides is 1. The van der Waals surface area contributed by atoms with Gasteiger partial charge in [-0.15, -0.1) is 11.6 Å². The summed E-state index contributed by atoms with van der Waals surface area (Å²) in [6.07, 6.45) is 3.07. The fourth-order valence-electron chi connectivity index (χ4n) is 2.04. The van der Waals surface area contributed by atoms with E-state index in [1.165, 1.54) is 11.1 Å². The van der Waals surface area contributed by atoms with Crippen molar-refractivity contribution in [2.75, 3.05) is 5.88 Å². The Hall–Kier alpha value is -0.570. The Morgan fingerprint density at radius 2 is 2.12 bits per heavy atom. The first kappa shape index (κ1) is 14.5. The molecule has 0 fully saturated rings. The van der Waals surface area contributed by atoms with Crippen LogP contribution in [0.4, 0.5) is 0 Å². The van der Waals surface area contributed by atoms with Gasteiger partial charge in [-0.05, 0) is 36.3 Å². The first-order chi connectivity index (χ1) is 8.17. The van der Waals surface area contributed by atoms with Gasteiger partial charge in [-0.3, -0.25) is 11.3 Å². The largest absolute Gasteiger partial charge is 0.271 e. The Morgan fingerprint density at radius 3 is 2.71 bits per heavy atom.